The molecule has 1 saturated heterocycles. The fourth-order valence-electron chi connectivity index (χ4n) is 3.26. The molecular weight excluding hydrogens is 221 g/mol. The minimum atomic E-state index is -0.747. The van der Waals surface area contributed by atoms with E-state index in [0.29, 0.717) is 25.3 Å². The molecule has 1 aliphatic heterocycles. The van der Waals surface area contributed by atoms with Gasteiger partial charge in [0.1, 0.15) is 6.17 Å². The van der Waals surface area contributed by atoms with Crippen LogP contribution in [0.2, 0.25) is 0 Å². The summed E-state index contributed by atoms with van der Waals surface area (Å²) < 4.78 is 18.4. The highest BCUT2D eigenvalue weighted by Crippen LogP contribution is 2.34. The Labute approximate surface area is 102 Å². The largest absolute Gasteiger partial charge is 0.453 e. The lowest BCUT2D eigenvalue weighted by atomic mass is 9.79. The SMILES string of the molecule is COC(=O)N1CC[C@@H](F)C[C@H]1C1CCCCC1. The number of methoxy groups -OCH3 is 1. The lowest BCUT2D eigenvalue weighted by molar-refractivity contribution is 0.0356. The van der Waals surface area contributed by atoms with Crippen molar-refractivity contribution in [2.45, 2.75) is 57.2 Å². The summed E-state index contributed by atoms with van der Waals surface area (Å²) in [5.74, 6) is 0.474. The van der Waals surface area contributed by atoms with Crippen LogP contribution in [0.1, 0.15) is 44.9 Å². The molecule has 2 atom stereocenters. The number of rotatable bonds is 1. The van der Waals surface area contributed by atoms with Crippen molar-refractivity contribution < 1.29 is 13.9 Å². The van der Waals surface area contributed by atoms with Gasteiger partial charge in [-0.05, 0) is 31.6 Å². The smallest absolute Gasteiger partial charge is 0.409 e. The van der Waals surface area contributed by atoms with Gasteiger partial charge in [0.2, 0.25) is 0 Å². The third kappa shape index (κ3) is 2.90. The van der Waals surface area contributed by atoms with Gasteiger partial charge in [-0.2, -0.15) is 0 Å². The average Bonchev–Trinajstić information content (AvgIpc) is 2.39. The molecule has 0 aromatic heterocycles. The van der Waals surface area contributed by atoms with Gasteiger partial charge in [-0.1, -0.05) is 19.3 Å². The van der Waals surface area contributed by atoms with Crippen LogP contribution in [-0.4, -0.2) is 36.9 Å². The molecule has 1 saturated carbocycles. The van der Waals surface area contributed by atoms with Gasteiger partial charge in [0, 0.05) is 12.6 Å². The normalized spacial score (nSPS) is 31.3. The van der Waals surface area contributed by atoms with E-state index in [4.69, 9.17) is 4.74 Å². The molecule has 0 N–H and O–H groups in total. The number of nitrogens with zero attached hydrogens (tertiary/aromatic N) is 1. The second kappa shape index (κ2) is 5.69. The van der Waals surface area contributed by atoms with Gasteiger partial charge in [0.25, 0.3) is 0 Å². The van der Waals surface area contributed by atoms with Crippen LogP contribution in [0, 0.1) is 5.92 Å². The lowest BCUT2D eigenvalue weighted by Gasteiger charge is -2.41. The first-order chi connectivity index (χ1) is 8.22. The van der Waals surface area contributed by atoms with Gasteiger partial charge < -0.3 is 9.64 Å². The van der Waals surface area contributed by atoms with Crippen LogP contribution in [0.15, 0.2) is 0 Å². The number of halogens is 1. The van der Waals surface area contributed by atoms with Crippen LogP contribution in [-0.2, 0) is 4.74 Å². The Bertz CT molecular complexity index is 266. The van der Waals surface area contributed by atoms with Gasteiger partial charge in [0.05, 0.1) is 7.11 Å². The van der Waals surface area contributed by atoms with Gasteiger partial charge >= 0.3 is 6.09 Å². The zero-order valence-corrected chi connectivity index (χ0v) is 10.5. The van der Waals surface area contributed by atoms with Gasteiger partial charge in [-0.3, -0.25) is 0 Å². The summed E-state index contributed by atoms with van der Waals surface area (Å²) in [5.41, 5.74) is 0. The predicted molar refractivity (Wildman–Crippen MR) is 63.6 cm³/mol. The highest BCUT2D eigenvalue weighted by molar-refractivity contribution is 5.68. The van der Waals surface area contributed by atoms with E-state index >= 15 is 0 Å². The standard InChI is InChI=1S/C13H22FNO2/c1-17-13(16)15-8-7-11(14)9-12(15)10-5-3-2-4-6-10/h10-12H,2-9H2,1H3/t11-,12+/m1/s1. The second-order valence-corrected chi connectivity index (χ2v) is 5.25. The molecule has 0 radical (unpaired) electrons. The summed E-state index contributed by atoms with van der Waals surface area (Å²) in [5, 5.41) is 0. The first kappa shape index (κ1) is 12.7. The minimum absolute atomic E-state index is 0.0616. The zero-order valence-electron chi connectivity index (χ0n) is 10.5. The summed E-state index contributed by atoms with van der Waals surface area (Å²) in [6.07, 6.45) is 5.89. The van der Waals surface area contributed by atoms with Crippen LogP contribution >= 0.6 is 0 Å². The van der Waals surface area contributed by atoms with Crippen molar-refractivity contribution in [1.29, 1.82) is 0 Å². The molecule has 3 nitrogen and oxygen atoms in total. The summed E-state index contributed by atoms with van der Waals surface area (Å²) in [6, 6.07) is 0.0616. The number of alkyl halides is 1. The van der Waals surface area contributed by atoms with Crippen molar-refractivity contribution >= 4 is 6.09 Å². The molecule has 2 rings (SSSR count). The Hall–Kier alpha value is -0.800. The molecule has 2 aliphatic rings. The van der Waals surface area contributed by atoms with Gasteiger partial charge in [-0.25, -0.2) is 9.18 Å². The fraction of sp³-hybridized carbons (Fsp3) is 0.923. The number of ether oxygens (including phenoxy) is 1. The van der Waals surface area contributed by atoms with Crippen LogP contribution in [0.25, 0.3) is 0 Å². The summed E-state index contributed by atoms with van der Waals surface area (Å²) >= 11 is 0. The Morgan fingerprint density at radius 3 is 2.59 bits per heavy atom. The maximum Gasteiger partial charge on any atom is 0.409 e. The molecular formula is C13H22FNO2. The number of hydrogen-bond acceptors (Lipinski definition) is 2. The minimum Gasteiger partial charge on any atom is -0.453 e. The maximum absolute atomic E-state index is 13.6. The molecule has 17 heavy (non-hydrogen) atoms. The number of hydrogen-bond donors (Lipinski definition) is 0. The molecule has 1 heterocycles. The number of piperidine rings is 1. The first-order valence-corrected chi connectivity index (χ1v) is 6.71. The van der Waals surface area contributed by atoms with Gasteiger partial charge in [-0.15, -0.1) is 0 Å². The van der Waals surface area contributed by atoms with Gasteiger partial charge in [0.15, 0.2) is 0 Å². The number of amides is 1. The van der Waals surface area contributed by atoms with E-state index in [1.165, 1.54) is 26.4 Å². The molecule has 2 fully saturated rings. The van der Waals surface area contributed by atoms with E-state index in [1.54, 1.807) is 4.90 Å². The van der Waals surface area contributed by atoms with E-state index in [9.17, 15) is 9.18 Å². The van der Waals surface area contributed by atoms with E-state index < -0.39 is 6.17 Å². The van der Waals surface area contributed by atoms with Crippen molar-refractivity contribution in [2.24, 2.45) is 5.92 Å². The molecule has 0 spiro atoms. The highest BCUT2D eigenvalue weighted by Gasteiger charge is 2.37. The quantitative estimate of drug-likeness (QED) is 0.708. The van der Waals surface area contributed by atoms with Crippen molar-refractivity contribution in [3.63, 3.8) is 0 Å². The van der Waals surface area contributed by atoms with E-state index in [1.807, 2.05) is 0 Å². The Balaban J connectivity index is 2.04. The summed E-state index contributed by atoms with van der Waals surface area (Å²) in [7, 11) is 1.40. The third-order valence-electron chi connectivity index (χ3n) is 4.18. The molecule has 98 valence electrons. The lowest BCUT2D eigenvalue weighted by Crippen LogP contribution is -2.50. The molecule has 1 amide bonds. The Morgan fingerprint density at radius 1 is 1.24 bits per heavy atom. The molecule has 0 bridgehead atoms. The maximum atomic E-state index is 13.6. The molecule has 0 aromatic rings. The fourth-order valence-corrected chi connectivity index (χ4v) is 3.26. The van der Waals surface area contributed by atoms with Crippen molar-refractivity contribution in [3.8, 4) is 0 Å². The summed E-state index contributed by atoms with van der Waals surface area (Å²) in [6.45, 7) is 0.509. The summed E-state index contributed by atoms with van der Waals surface area (Å²) in [4.78, 5) is 13.5. The van der Waals surface area contributed by atoms with Crippen molar-refractivity contribution in [1.82, 2.24) is 4.90 Å². The molecule has 0 unspecified atom stereocenters. The molecule has 1 aliphatic carbocycles. The monoisotopic (exact) mass is 243 g/mol. The van der Waals surface area contributed by atoms with Crippen molar-refractivity contribution in [3.05, 3.63) is 0 Å². The average molecular weight is 243 g/mol. The van der Waals surface area contributed by atoms with Crippen molar-refractivity contribution in [2.75, 3.05) is 13.7 Å². The Morgan fingerprint density at radius 2 is 1.94 bits per heavy atom. The number of likely N-dealkylation sites (tertiary alicyclic amines) is 1. The highest BCUT2D eigenvalue weighted by atomic mass is 19.1. The topological polar surface area (TPSA) is 29.5 Å². The van der Waals surface area contributed by atoms with E-state index in [2.05, 4.69) is 0 Å². The first-order valence-electron chi connectivity index (χ1n) is 6.71. The number of carbonyl (C=O) groups excluding carboxylic acids is 1. The zero-order chi connectivity index (χ0) is 12.3. The second-order valence-electron chi connectivity index (χ2n) is 5.25. The van der Waals surface area contributed by atoms with E-state index in [0.717, 1.165) is 12.8 Å². The predicted octanol–water partition coefficient (Wildman–Crippen LogP) is 3.14. The molecule has 4 heteroatoms. The third-order valence-corrected chi connectivity index (χ3v) is 4.18. The van der Waals surface area contributed by atoms with Crippen LogP contribution < -0.4 is 0 Å². The van der Waals surface area contributed by atoms with Crippen LogP contribution in [0.4, 0.5) is 9.18 Å². The van der Waals surface area contributed by atoms with Crippen LogP contribution in [0.5, 0.6) is 0 Å². The Kier molecular flexibility index (Phi) is 4.24. The molecule has 0 aromatic carbocycles. The van der Waals surface area contributed by atoms with Crippen LogP contribution in [0.3, 0.4) is 0 Å². The number of carbonyl (C=O) groups is 1. The van der Waals surface area contributed by atoms with E-state index in [-0.39, 0.29) is 12.1 Å².